The second-order valence-corrected chi connectivity index (χ2v) is 4.36. The highest BCUT2D eigenvalue weighted by molar-refractivity contribution is 8.15. The average Bonchev–Trinajstić information content (AvgIpc) is 2.58. The normalized spacial score (nSPS) is 18.9. The van der Waals surface area contributed by atoms with Crippen molar-refractivity contribution >= 4 is 34.6 Å². The molecule has 0 unspecified atom stereocenters. The van der Waals surface area contributed by atoms with Gasteiger partial charge in [-0.25, -0.2) is 0 Å². The van der Waals surface area contributed by atoms with Crippen molar-refractivity contribution in [1.29, 1.82) is 0 Å². The molecule has 1 aromatic rings. The molecule has 6 nitrogen and oxygen atoms in total. The lowest BCUT2D eigenvalue weighted by molar-refractivity contribution is -0.255. The van der Waals surface area contributed by atoms with E-state index in [9.17, 15) is 19.5 Å². The lowest BCUT2D eigenvalue weighted by Crippen LogP contribution is -2.29. The highest BCUT2D eigenvalue weighted by Crippen LogP contribution is 2.21. The number of carbonyl (C=O) groups excluding carboxylic acids is 3. The maximum Gasteiger partial charge on any atom is 0.288 e. The monoisotopic (exact) mass is 251 g/mol. The van der Waals surface area contributed by atoms with Gasteiger partial charge in [-0.2, -0.15) is 0 Å². The predicted molar refractivity (Wildman–Crippen MR) is 59.3 cm³/mol. The maximum absolute atomic E-state index is 11.2. The van der Waals surface area contributed by atoms with E-state index in [2.05, 4.69) is 10.6 Å². The summed E-state index contributed by atoms with van der Waals surface area (Å²) in [5.74, 6) is -1.68. The quantitative estimate of drug-likeness (QED) is 0.770. The Kier molecular flexibility index (Phi) is 3.01. The van der Waals surface area contributed by atoms with Gasteiger partial charge in [0.25, 0.3) is 11.1 Å². The summed E-state index contributed by atoms with van der Waals surface area (Å²) in [6.07, 6.45) is 0. The molecule has 88 valence electrons. The number of amides is 2. The number of hydrogen-bond donors (Lipinski definition) is 2. The minimum Gasteiger partial charge on any atom is -0.545 e. The predicted octanol–water partition coefficient (Wildman–Crippen LogP) is -0.229. The van der Waals surface area contributed by atoms with Crippen LogP contribution in [0.4, 0.5) is 10.5 Å². The summed E-state index contributed by atoms with van der Waals surface area (Å²) in [6, 6.07) is 5.72. The SMILES string of the molecule is O=C1NC(=O)[C@H](Nc2ccc(C(=O)[O-])cc2)S1. The van der Waals surface area contributed by atoms with E-state index in [0.29, 0.717) is 5.69 Å². The maximum atomic E-state index is 11.2. The van der Waals surface area contributed by atoms with E-state index in [1.54, 1.807) is 0 Å². The summed E-state index contributed by atoms with van der Waals surface area (Å²) in [5.41, 5.74) is 0.604. The van der Waals surface area contributed by atoms with Gasteiger partial charge in [-0.1, -0.05) is 12.1 Å². The van der Waals surface area contributed by atoms with Gasteiger partial charge in [0, 0.05) is 5.69 Å². The molecule has 1 aromatic carbocycles. The van der Waals surface area contributed by atoms with E-state index in [4.69, 9.17) is 0 Å². The number of imide groups is 1. The lowest BCUT2D eigenvalue weighted by Gasteiger charge is -2.10. The molecule has 7 heteroatoms. The third kappa shape index (κ3) is 2.56. The van der Waals surface area contributed by atoms with E-state index in [-0.39, 0.29) is 5.56 Å². The Bertz CT molecular complexity index is 486. The van der Waals surface area contributed by atoms with Crippen LogP contribution < -0.4 is 15.7 Å². The summed E-state index contributed by atoms with van der Waals surface area (Å²) >= 11 is 0.840. The number of anilines is 1. The standard InChI is InChI=1S/C10H8N2O4S/c13-7-8(17-10(16)12-7)11-6-3-1-5(2-4-6)9(14)15/h1-4,8,11H,(H,14,15)(H,12,13,16)/p-1/t8-/m1/s1. The summed E-state index contributed by atoms with van der Waals surface area (Å²) in [7, 11) is 0. The van der Waals surface area contributed by atoms with Gasteiger partial charge in [-0.15, -0.1) is 0 Å². The highest BCUT2D eigenvalue weighted by Gasteiger charge is 2.31. The van der Waals surface area contributed by atoms with Crippen molar-refractivity contribution in [3.63, 3.8) is 0 Å². The van der Waals surface area contributed by atoms with Crippen LogP contribution in [0.2, 0.25) is 0 Å². The first kappa shape index (κ1) is 11.5. The smallest absolute Gasteiger partial charge is 0.288 e. The van der Waals surface area contributed by atoms with Gasteiger partial charge in [0.05, 0.1) is 5.97 Å². The number of aromatic carboxylic acids is 1. The van der Waals surface area contributed by atoms with Crippen molar-refractivity contribution in [2.75, 3.05) is 5.32 Å². The minimum atomic E-state index is -1.26. The molecule has 1 heterocycles. The Morgan fingerprint density at radius 3 is 2.41 bits per heavy atom. The van der Waals surface area contributed by atoms with Crippen LogP contribution in [0, 0.1) is 0 Å². The Morgan fingerprint density at radius 1 is 1.29 bits per heavy atom. The van der Waals surface area contributed by atoms with E-state index >= 15 is 0 Å². The molecule has 0 aromatic heterocycles. The number of carboxylic acid groups (broad SMARTS) is 1. The topological polar surface area (TPSA) is 98.3 Å². The Labute approximate surface area is 100 Å². The third-order valence-electron chi connectivity index (χ3n) is 2.11. The summed E-state index contributed by atoms with van der Waals surface area (Å²) in [6.45, 7) is 0. The van der Waals surface area contributed by atoms with Gasteiger partial charge >= 0.3 is 0 Å². The molecule has 1 aliphatic heterocycles. The molecule has 2 rings (SSSR count). The van der Waals surface area contributed by atoms with E-state index in [1.165, 1.54) is 24.3 Å². The van der Waals surface area contributed by atoms with Crippen LogP contribution >= 0.6 is 11.8 Å². The Hall–Kier alpha value is -2.02. The van der Waals surface area contributed by atoms with Crippen LogP contribution in [0.15, 0.2) is 24.3 Å². The first-order chi connectivity index (χ1) is 8.06. The van der Waals surface area contributed by atoms with Crippen molar-refractivity contribution in [1.82, 2.24) is 5.32 Å². The highest BCUT2D eigenvalue weighted by atomic mass is 32.2. The average molecular weight is 251 g/mol. The van der Waals surface area contributed by atoms with Gasteiger partial charge in [0.1, 0.15) is 0 Å². The first-order valence-electron chi connectivity index (χ1n) is 4.66. The number of benzene rings is 1. The molecule has 0 spiro atoms. The van der Waals surface area contributed by atoms with Gasteiger partial charge in [0.2, 0.25) is 0 Å². The molecular weight excluding hydrogens is 244 g/mol. The molecule has 0 saturated carbocycles. The van der Waals surface area contributed by atoms with Crippen LogP contribution in [0.25, 0.3) is 0 Å². The van der Waals surface area contributed by atoms with Crippen molar-refractivity contribution in [3.8, 4) is 0 Å². The fraction of sp³-hybridized carbons (Fsp3) is 0.100. The van der Waals surface area contributed by atoms with Crippen LogP contribution in [-0.2, 0) is 4.79 Å². The van der Waals surface area contributed by atoms with Gasteiger partial charge in [0.15, 0.2) is 5.37 Å². The summed E-state index contributed by atoms with van der Waals surface area (Å²) < 4.78 is 0. The van der Waals surface area contributed by atoms with Crippen LogP contribution in [-0.4, -0.2) is 22.5 Å². The van der Waals surface area contributed by atoms with Gasteiger partial charge < -0.3 is 15.2 Å². The Balaban J connectivity index is 2.07. The summed E-state index contributed by atoms with van der Waals surface area (Å²) in [4.78, 5) is 32.7. The van der Waals surface area contributed by atoms with Crippen molar-refractivity contribution in [2.45, 2.75) is 5.37 Å². The minimum absolute atomic E-state index is 0.0511. The second kappa shape index (κ2) is 4.46. The Morgan fingerprint density at radius 2 is 1.94 bits per heavy atom. The number of nitrogens with one attached hydrogen (secondary N) is 2. The molecule has 2 amide bonds. The first-order valence-corrected chi connectivity index (χ1v) is 5.53. The number of hydrogen-bond acceptors (Lipinski definition) is 6. The molecule has 1 saturated heterocycles. The van der Waals surface area contributed by atoms with Crippen LogP contribution in [0.1, 0.15) is 10.4 Å². The molecule has 17 heavy (non-hydrogen) atoms. The zero-order valence-electron chi connectivity index (χ0n) is 8.43. The molecule has 0 aliphatic carbocycles. The van der Waals surface area contributed by atoms with Crippen molar-refractivity contribution in [3.05, 3.63) is 29.8 Å². The fourth-order valence-electron chi connectivity index (χ4n) is 1.31. The van der Waals surface area contributed by atoms with Crippen molar-refractivity contribution in [2.24, 2.45) is 0 Å². The molecule has 2 N–H and O–H groups in total. The van der Waals surface area contributed by atoms with Crippen molar-refractivity contribution < 1.29 is 19.5 Å². The van der Waals surface area contributed by atoms with E-state index < -0.39 is 22.5 Å². The molecule has 1 atom stereocenters. The molecule has 0 bridgehead atoms. The van der Waals surface area contributed by atoms with Gasteiger partial charge in [-0.05, 0) is 29.5 Å². The molecule has 1 fully saturated rings. The largest absolute Gasteiger partial charge is 0.545 e. The second-order valence-electron chi connectivity index (χ2n) is 3.28. The molecule has 1 aliphatic rings. The molecule has 0 radical (unpaired) electrons. The fourth-order valence-corrected chi connectivity index (χ4v) is 2.04. The number of carboxylic acids is 1. The number of rotatable bonds is 3. The zero-order valence-corrected chi connectivity index (χ0v) is 9.24. The van der Waals surface area contributed by atoms with Crippen LogP contribution in [0.3, 0.4) is 0 Å². The van der Waals surface area contributed by atoms with Gasteiger partial charge in [-0.3, -0.25) is 14.9 Å². The summed E-state index contributed by atoms with van der Waals surface area (Å²) in [5, 5.41) is 14.4. The van der Waals surface area contributed by atoms with E-state index in [1.807, 2.05) is 0 Å². The lowest BCUT2D eigenvalue weighted by atomic mass is 10.2. The molecular formula is C10H7N2O4S-. The number of thioether (sulfide) groups is 1. The van der Waals surface area contributed by atoms with Crippen LogP contribution in [0.5, 0.6) is 0 Å². The zero-order chi connectivity index (χ0) is 12.4. The van der Waals surface area contributed by atoms with E-state index in [0.717, 1.165) is 11.8 Å². The number of carbonyl (C=O) groups is 3. The third-order valence-corrected chi connectivity index (χ3v) is 2.99.